The molecule has 4 atom stereocenters. The molecule has 1 aromatic heterocycles. The fourth-order valence-corrected chi connectivity index (χ4v) is 11.4. The number of amides is 3. The predicted molar refractivity (Wildman–Crippen MR) is 279 cm³/mol. The molecule has 18 heteroatoms. The summed E-state index contributed by atoms with van der Waals surface area (Å²) >= 11 is 1.58. The first-order chi connectivity index (χ1) is 34.8. The molecule has 17 nitrogen and oxygen atoms in total. The number of likely N-dealkylation sites (tertiary alicyclic amines) is 1. The number of hydrogen-bond donors (Lipinski definition) is 4. The number of nitrogens with one attached hydrogen (secondary N) is 2. The molecule has 4 N–H and O–H groups in total. The van der Waals surface area contributed by atoms with Crippen LogP contribution >= 0.6 is 11.3 Å². The van der Waals surface area contributed by atoms with E-state index in [2.05, 4.69) is 25.4 Å². The van der Waals surface area contributed by atoms with Crippen molar-refractivity contribution >= 4 is 40.6 Å². The third-order valence-electron chi connectivity index (χ3n) is 14.6. The lowest BCUT2D eigenvalue weighted by Crippen LogP contribution is -2.58. The first-order valence-corrected chi connectivity index (χ1v) is 26.8. The maximum atomic E-state index is 14.1. The molecule has 3 aliphatic heterocycles. The van der Waals surface area contributed by atoms with E-state index in [1.807, 2.05) is 97.3 Å². The summed E-state index contributed by atoms with van der Waals surface area (Å²) in [5.41, 5.74) is 7.16. The van der Waals surface area contributed by atoms with Crippen molar-refractivity contribution in [2.75, 3.05) is 92.1 Å². The van der Waals surface area contributed by atoms with Gasteiger partial charge in [0.15, 0.2) is 11.4 Å². The van der Waals surface area contributed by atoms with Crippen LogP contribution in [0.4, 0.5) is 0 Å². The zero-order chi connectivity index (χ0) is 52.5. The van der Waals surface area contributed by atoms with E-state index in [-0.39, 0.29) is 50.0 Å². The molecule has 73 heavy (non-hydrogen) atoms. The summed E-state index contributed by atoms with van der Waals surface area (Å²) in [6.07, 6.45) is 1.67. The number of carbonyl (C=O) groups excluding carboxylic acids is 4. The Kier molecular flexibility index (Phi) is 19.3. The first-order valence-electron chi connectivity index (χ1n) is 26.0. The van der Waals surface area contributed by atoms with Crippen molar-refractivity contribution in [3.63, 3.8) is 0 Å². The predicted octanol–water partition coefficient (Wildman–Crippen LogP) is 5.61. The van der Waals surface area contributed by atoms with E-state index >= 15 is 0 Å². The number of esters is 1. The van der Waals surface area contributed by atoms with E-state index in [4.69, 9.17) is 23.7 Å². The maximum Gasteiger partial charge on any atom is 0.343 e. The topological polar surface area (TPSA) is 202 Å². The van der Waals surface area contributed by atoms with Gasteiger partial charge in [0.1, 0.15) is 24.3 Å². The number of thiazole rings is 1. The average molecular weight is 1030 g/mol. The summed E-state index contributed by atoms with van der Waals surface area (Å²) in [7, 11) is 0. The number of carbonyl (C=O) groups is 4. The summed E-state index contributed by atoms with van der Waals surface area (Å²) in [6.45, 7) is 23.1. The molecule has 400 valence electrons. The van der Waals surface area contributed by atoms with Crippen LogP contribution in [0.5, 0.6) is 0 Å². The number of benzene rings is 2. The molecule has 1 aliphatic carbocycles. The molecule has 0 radical (unpaired) electrons. The molecule has 1 spiro atoms. The van der Waals surface area contributed by atoms with Crippen LogP contribution in [0.3, 0.4) is 0 Å². The molecular formula is C55H78N6O11S. The number of rotatable bonds is 22. The molecular weight excluding hydrogens is 953 g/mol. The maximum absolute atomic E-state index is 14.1. The zero-order valence-electron chi connectivity index (χ0n) is 44.1. The van der Waals surface area contributed by atoms with Gasteiger partial charge in [-0.15, -0.1) is 11.3 Å². The first kappa shape index (κ1) is 55.9. The molecule has 2 saturated heterocycles. The Morgan fingerprint density at radius 2 is 1.48 bits per heavy atom. The number of piperazine rings is 1. The lowest BCUT2D eigenvalue weighted by Gasteiger charge is -2.35. The highest BCUT2D eigenvalue weighted by molar-refractivity contribution is 7.13. The van der Waals surface area contributed by atoms with Gasteiger partial charge in [0.2, 0.25) is 17.7 Å². The van der Waals surface area contributed by atoms with Gasteiger partial charge in [0.05, 0.1) is 74.0 Å². The molecule has 1 saturated carbocycles. The average Bonchev–Trinajstić information content (AvgIpc) is 4.03. The van der Waals surface area contributed by atoms with E-state index in [1.54, 1.807) is 11.3 Å². The van der Waals surface area contributed by atoms with E-state index in [9.17, 15) is 29.4 Å². The van der Waals surface area contributed by atoms with Gasteiger partial charge in [0, 0.05) is 52.2 Å². The van der Waals surface area contributed by atoms with E-state index in [0.29, 0.717) is 64.3 Å². The van der Waals surface area contributed by atoms with Gasteiger partial charge in [-0.05, 0) is 93.5 Å². The van der Waals surface area contributed by atoms with Crippen molar-refractivity contribution < 1.29 is 53.1 Å². The summed E-state index contributed by atoms with van der Waals surface area (Å²) in [5.74, 6) is -1.65. The SMILES string of the molecule is Cc1cc(C)c(C2=C(O)C3(CCC(OCCOCCN4CCN(CCOCCOCC(=O)N[C@H](C(=O)N5C[C@H](O)C[C@H]5C(=O)N[C@@H](C)c5ccc(-c6scnc6C)cc5)C(C)(C)C)CC4)CC3)OC2=O)c(C)c1. The van der Waals surface area contributed by atoms with Crippen LogP contribution in [0.25, 0.3) is 16.0 Å². The number of β-amino-alcohol motifs (C(OH)–C–C–N with tert-alkyl or cyclic N) is 1. The largest absolute Gasteiger partial charge is 0.507 e. The van der Waals surface area contributed by atoms with Crippen molar-refractivity contribution in [3.05, 3.63) is 81.2 Å². The Morgan fingerprint density at radius 1 is 0.877 bits per heavy atom. The molecule has 2 aromatic carbocycles. The standard InChI is InChI=1S/C55H78N6O11S/c1-35-29-36(2)46(37(3)30-35)47-50(64)55(72-53(47)67)15-13-43(14-16-55)71-28-27-69-24-22-60-19-17-59(18-20-60)21-23-68-25-26-70-33-45(63)58-49(54(6,7)8)52(66)61-32-42(62)31-44(61)51(65)57-38(4)40-9-11-41(12-10-40)48-39(5)56-34-73-48/h9-12,29-30,34,38,42-44,49,62,64H,13-28,31-33H2,1-8H3,(H,57,65)(H,58,63)/t38-,42+,43?,44-,49+,55?/m0/s1. The number of aliphatic hydroxyl groups is 2. The Morgan fingerprint density at radius 3 is 2.07 bits per heavy atom. The van der Waals surface area contributed by atoms with Gasteiger partial charge >= 0.3 is 5.97 Å². The number of aliphatic hydroxyl groups excluding tert-OH is 2. The van der Waals surface area contributed by atoms with Crippen molar-refractivity contribution in [2.45, 2.75) is 123 Å². The minimum absolute atomic E-state index is 0.0118. The second-order valence-corrected chi connectivity index (χ2v) is 22.1. The van der Waals surface area contributed by atoms with Crippen LogP contribution < -0.4 is 10.6 Å². The number of ether oxygens (including phenoxy) is 5. The van der Waals surface area contributed by atoms with Gasteiger partial charge in [-0.25, -0.2) is 9.78 Å². The molecule has 0 unspecified atom stereocenters. The highest BCUT2D eigenvalue weighted by Crippen LogP contribution is 2.47. The quantitative estimate of drug-likeness (QED) is 0.0716. The summed E-state index contributed by atoms with van der Waals surface area (Å²) in [6, 6.07) is 9.81. The molecule has 3 fully saturated rings. The smallest absolute Gasteiger partial charge is 0.343 e. The molecule has 3 amide bonds. The monoisotopic (exact) mass is 1030 g/mol. The van der Waals surface area contributed by atoms with Crippen LogP contribution in [0.2, 0.25) is 0 Å². The number of nitrogens with zero attached hydrogens (tertiary/aromatic N) is 4. The van der Waals surface area contributed by atoms with E-state index < -0.39 is 47.0 Å². The fraction of sp³-hybridized carbons (Fsp3) is 0.618. The van der Waals surface area contributed by atoms with Crippen LogP contribution in [0.1, 0.15) is 99.4 Å². The van der Waals surface area contributed by atoms with Crippen molar-refractivity contribution in [3.8, 4) is 10.4 Å². The zero-order valence-corrected chi connectivity index (χ0v) is 44.9. The van der Waals surface area contributed by atoms with Gasteiger partial charge < -0.3 is 49.4 Å². The van der Waals surface area contributed by atoms with E-state index in [0.717, 1.165) is 83.2 Å². The van der Waals surface area contributed by atoms with E-state index in [1.165, 1.54) is 4.90 Å². The minimum atomic E-state index is -0.973. The molecule has 7 rings (SSSR count). The van der Waals surface area contributed by atoms with Crippen molar-refractivity contribution in [1.82, 2.24) is 30.3 Å². The fourth-order valence-electron chi connectivity index (χ4n) is 10.6. The Labute approximate surface area is 434 Å². The third kappa shape index (κ3) is 14.3. The number of hydrogen-bond acceptors (Lipinski definition) is 15. The summed E-state index contributed by atoms with van der Waals surface area (Å²) < 4.78 is 29.4. The molecule has 3 aromatic rings. The van der Waals surface area contributed by atoms with Gasteiger partial charge in [-0.3, -0.25) is 24.2 Å². The van der Waals surface area contributed by atoms with Crippen molar-refractivity contribution in [2.24, 2.45) is 5.41 Å². The number of aromatic nitrogens is 1. The Bertz CT molecular complexity index is 2380. The second kappa shape index (κ2) is 25.2. The minimum Gasteiger partial charge on any atom is -0.507 e. The Balaban J connectivity index is 0.718. The molecule has 4 aliphatic rings. The summed E-state index contributed by atoms with van der Waals surface area (Å²) in [5, 5.41) is 27.8. The molecule has 4 heterocycles. The van der Waals surface area contributed by atoms with Gasteiger partial charge in [0.25, 0.3) is 0 Å². The van der Waals surface area contributed by atoms with Crippen LogP contribution in [-0.2, 0) is 42.9 Å². The highest BCUT2D eigenvalue weighted by atomic mass is 32.1. The summed E-state index contributed by atoms with van der Waals surface area (Å²) in [4.78, 5) is 65.4. The number of aryl methyl sites for hydroxylation is 4. The normalized spacial score (nSPS) is 22.7. The lowest BCUT2D eigenvalue weighted by atomic mass is 9.80. The Hall–Kier alpha value is -4.79. The van der Waals surface area contributed by atoms with Gasteiger partial charge in [-0.1, -0.05) is 62.7 Å². The highest BCUT2D eigenvalue weighted by Gasteiger charge is 2.51. The lowest BCUT2D eigenvalue weighted by molar-refractivity contribution is -0.152. The van der Waals surface area contributed by atoms with Crippen molar-refractivity contribution in [1.29, 1.82) is 0 Å². The van der Waals surface area contributed by atoms with Crippen LogP contribution in [0.15, 0.2) is 47.7 Å². The second-order valence-electron chi connectivity index (χ2n) is 21.3. The third-order valence-corrected chi connectivity index (χ3v) is 15.6. The van der Waals surface area contributed by atoms with Crippen LogP contribution in [-0.4, -0.2) is 176 Å². The van der Waals surface area contributed by atoms with Crippen LogP contribution in [0, 0.1) is 33.1 Å². The molecule has 0 bridgehead atoms. The van der Waals surface area contributed by atoms with Gasteiger partial charge in [-0.2, -0.15) is 0 Å².